The van der Waals surface area contributed by atoms with E-state index in [1.807, 2.05) is 0 Å². The molecule has 0 amide bonds. The molecule has 0 aliphatic heterocycles. The fraction of sp³-hybridized carbons (Fsp3) is 0.316. The molecule has 0 spiro atoms. The van der Waals surface area contributed by atoms with Gasteiger partial charge in [-0.25, -0.2) is 9.67 Å². The fourth-order valence-electron chi connectivity index (χ4n) is 3.01. The molecule has 28 heavy (non-hydrogen) atoms. The summed E-state index contributed by atoms with van der Waals surface area (Å²) in [5.41, 5.74) is -0.306. The highest BCUT2D eigenvalue weighted by Gasteiger charge is 2.36. The van der Waals surface area contributed by atoms with Crippen molar-refractivity contribution in [2.24, 2.45) is 0 Å². The molecule has 2 aromatic heterocycles. The lowest BCUT2D eigenvalue weighted by Gasteiger charge is -2.13. The van der Waals surface area contributed by atoms with E-state index in [1.54, 1.807) is 31.2 Å². The summed E-state index contributed by atoms with van der Waals surface area (Å²) >= 11 is 0. The molecule has 0 N–H and O–H groups in total. The molecule has 0 saturated carbocycles. The quantitative estimate of drug-likeness (QED) is 0.613. The van der Waals surface area contributed by atoms with Crippen molar-refractivity contribution in [2.75, 3.05) is 13.7 Å². The summed E-state index contributed by atoms with van der Waals surface area (Å²) in [5.74, 6) is -0.222. The fourth-order valence-corrected chi connectivity index (χ4v) is 3.01. The third-order valence-corrected chi connectivity index (χ3v) is 4.15. The minimum absolute atomic E-state index is 0.0405. The summed E-state index contributed by atoms with van der Waals surface area (Å²) < 4.78 is 52.6. The number of carbonyl (C=O) groups excluding carboxylic acids is 1. The molecule has 0 aliphatic carbocycles. The average molecular weight is 393 g/mol. The highest BCUT2D eigenvalue weighted by atomic mass is 19.4. The van der Waals surface area contributed by atoms with Crippen LogP contribution in [-0.2, 0) is 22.3 Å². The van der Waals surface area contributed by atoms with E-state index < -0.39 is 17.7 Å². The lowest BCUT2D eigenvalue weighted by atomic mass is 10.0. The minimum Gasteiger partial charge on any atom is -0.496 e. The first kappa shape index (κ1) is 19.7. The van der Waals surface area contributed by atoms with Crippen LogP contribution >= 0.6 is 0 Å². The molecule has 3 rings (SSSR count). The maximum Gasteiger partial charge on any atom is 0.417 e. The number of fused-ring (bicyclic) bond motifs is 1. The topological polar surface area (TPSA) is 66.2 Å². The summed E-state index contributed by atoms with van der Waals surface area (Å²) in [7, 11) is 1.43. The summed E-state index contributed by atoms with van der Waals surface area (Å²) in [4.78, 5) is 16.2. The van der Waals surface area contributed by atoms with Gasteiger partial charge in [0.05, 0.1) is 36.1 Å². The van der Waals surface area contributed by atoms with E-state index >= 15 is 0 Å². The number of para-hydroxylation sites is 1. The van der Waals surface area contributed by atoms with Crippen molar-refractivity contribution in [3.8, 4) is 17.0 Å². The molecular formula is C19H18F3N3O3. The van der Waals surface area contributed by atoms with Gasteiger partial charge in [-0.1, -0.05) is 12.1 Å². The number of esters is 1. The number of methoxy groups -OCH3 is 1. The van der Waals surface area contributed by atoms with Gasteiger partial charge < -0.3 is 9.47 Å². The molecular weight excluding hydrogens is 375 g/mol. The molecule has 0 radical (unpaired) electrons. The first-order valence-corrected chi connectivity index (χ1v) is 8.50. The zero-order valence-electron chi connectivity index (χ0n) is 15.5. The van der Waals surface area contributed by atoms with Crippen molar-refractivity contribution < 1.29 is 27.4 Å². The molecule has 3 aromatic rings. The van der Waals surface area contributed by atoms with E-state index in [0.717, 1.165) is 10.7 Å². The van der Waals surface area contributed by atoms with Crippen LogP contribution in [0.3, 0.4) is 0 Å². The normalized spacial score (nSPS) is 11.6. The summed E-state index contributed by atoms with van der Waals surface area (Å²) in [6.45, 7) is 2.91. The summed E-state index contributed by atoms with van der Waals surface area (Å²) in [5, 5.41) is 3.94. The van der Waals surface area contributed by atoms with Gasteiger partial charge in [0.2, 0.25) is 0 Å². The Bertz CT molecular complexity index is 1030. The van der Waals surface area contributed by atoms with Crippen molar-refractivity contribution in [3.05, 3.63) is 41.6 Å². The van der Waals surface area contributed by atoms with Crippen LogP contribution < -0.4 is 4.74 Å². The zero-order chi connectivity index (χ0) is 20.5. The molecule has 0 saturated heterocycles. The smallest absolute Gasteiger partial charge is 0.417 e. The van der Waals surface area contributed by atoms with Crippen LogP contribution in [-0.4, -0.2) is 34.5 Å². The number of halogens is 3. The molecule has 2 heterocycles. The van der Waals surface area contributed by atoms with Gasteiger partial charge in [0.1, 0.15) is 12.3 Å². The van der Waals surface area contributed by atoms with Gasteiger partial charge in [-0.2, -0.15) is 18.3 Å². The number of aromatic nitrogens is 3. The number of benzene rings is 1. The minimum atomic E-state index is -4.62. The SMILES string of the molecule is CCOC(=O)Cn1nc(C)c2c(C(F)(F)F)cc(-c3ccccc3OC)nc21. The number of hydrogen-bond donors (Lipinski definition) is 0. The second-order valence-corrected chi connectivity index (χ2v) is 6.00. The first-order chi connectivity index (χ1) is 13.3. The van der Waals surface area contributed by atoms with Crippen molar-refractivity contribution in [1.82, 2.24) is 14.8 Å². The molecule has 0 atom stereocenters. The standard InChI is InChI=1S/C19H18F3N3O3/c1-4-28-16(26)10-25-18-17(11(2)24-25)13(19(20,21)22)9-14(23-18)12-7-5-6-8-15(12)27-3/h5-9H,4,10H2,1-3H3. The van der Waals surface area contributed by atoms with Crippen LogP contribution in [0, 0.1) is 6.92 Å². The van der Waals surface area contributed by atoms with E-state index in [9.17, 15) is 18.0 Å². The lowest BCUT2D eigenvalue weighted by molar-refractivity contribution is -0.144. The van der Waals surface area contributed by atoms with Gasteiger partial charge in [-0.15, -0.1) is 0 Å². The van der Waals surface area contributed by atoms with E-state index in [-0.39, 0.29) is 35.6 Å². The third-order valence-electron chi connectivity index (χ3n) is 4.15. The van der Waals surface area contributed by atoms with Gasteiger partial charge in [0, 0.05) is 5.56 Å². The predicted molar refractivity (Wildman–Crippen MR) is 95.9 cm³/mol. The lowest BCUT2D eigenvalue weighted by Crippen LogP contribution is -2.15. The molecule has 0 aliphatic rings. The van der Waals surface area contributed by atoms with Gasteiger partial charge in [0.25, 0.3) is 0 Å². The molecule has 0 bridgehead atoms. The summed E-state index contributed by atoms with van der Waals surface area (Å²) in [6, 6.07) is 7.62. The maximum atomic E-state index is 13.8. The molecule has 0 unspecified atom stereocenters. The van der Waals surface area contributed by atoms with Gasteiger partial charge in [-0.05, 0) is 32.0 Å². The van der Waals surface area contributed by atoms with Crippen molar-refractivity contribution >= 4 is 17.0 Å². The highest BCUT2D eigenvalue weighted by Crippen LogP contribution is 2.39. The van der Waals surface area contributed by atoms with E-state index in [1.165, 1.54) is 14.0 Å². The van der Waals surface area contributed by atoms with Crippen molar-refractivity contribution in [1.29, 1.82) is 0 Å². The molecule has 6 nitrogen and oxygen atoms in total. The van der Waals surface area contributed by atoms with Gasteiger partial charge in [-0.3, -0.25) is 4.79 Å². The largest absolute Gasteiger partial charge is 0.496 e. The number of alkyl halides is 3. The molecule has 148 valence electrons. The van der Waals surface area contributed by atoms with Gasteiger partial charge >= 0.3 is 12.1 Å². The third kappa shape index (κ3) is 3.64. The van der Waals surface area contributed by atoms with Crippen LogP contribution in [0.1, 0.15) is 18.2 Å². The van der Waals surface area contributed by atoms with Crippen LogP contribution in [0.25, 0.3) is 22.3 Å². The number of pyridine rings is 1. The predicted octanol–water partition coefficient (Wildman–Crippen LogP) is 4.00. The molecule has 0 fully saturated rings. The van der Waals surface area contributed by atoms with Crippen molar-refractivity contribution in [2.45, 2.75) is 26.6 Å². The Kier molecular flexibility index (Phi) is 5.26. The average Bonchev–Trinajstić information content (AvgIpc) is 2.95. The van der Waals surface area contributed by atoms with Crippen molar-refractivity contribution in [3.63, 3.8) is 0 Å². The number of nitrogens with zero attached hydrogens (tertiary/aromatic N) is 3. The van der Waals surface area contributed by atoms with Crippen LogP contribution in [0.15, 0.2) is 30.3 Å². The monoisotopic (exact) mass is 393 g/mol. The van der Waals surface area contributed by atoms with E-state index in [0.29, 0.717) is 11.3 Å². The Hall–Kier alpha value is -3.10. The Morgan fingerprint density at radius 1 is 1.25 bits per heavy atom. The van der Waals surface area contributed by atoms with Crippen LogP contribution in [0.2, 0.25) is 0 Å². The molecule has 1 aromatic carbocycles. The van der Waals surface area contributed by atoms with E-state index in [2.05, 4.69) is 10.1 Å². The Labute approximate surface area is 158 Å². The van der Waals surface area contributed by atoms with Gasteiger partial charge in [0.15, 0.2) is 5.65 Å². The second-order valence-electron chi connectivity index (χ2n) is 6.00. The first-order valence-electron chi connectivity index (χ1n) is 8.50. The number of carbonyl (C=O) groups is 1. The second kappa shape index (κ2) is 7.49. The van der Waals surface area contributed by atoms with E-state index in [4.69, 9.17) is 9.47 Å². The zero-order valence-corrected chi connectivity index (χ0v) is 15.5. The summed E-state index contributed by atoms with van der Waals surface area (Å²) in [6.07, 6.45) is -4.62. The number of aryl methyl sites for hydroxylation is 1. The Balaban J connectivity index is 2.28. The number of hydrogen-bond acceptors (Lipinski definition) is 5. The Morgan fingerprint density at radius 3 is 2.61 bits per heavy atom. The number of rotatable bonds is 5. The Morgan fingerprint density at radius 2 is 1.96 bits per heavy atom. The molecule has 9 heteroatoms. The highest BCUT2D eigenvalue weighted by molar-refractivity contribution is 5.87. The van der Waals surface area contributed by atoms with Crippen LogP contribution in [0.5, 0.6) is 5.75 Å². The maximum absolute atomic E-state index is 13.8. The van der Waals surface area contributed by atoms with Crippen LogP contribution in [0.4, 0.5) is 13.2 Å². The number of ether oxygens (including phenoxy) is 2.